The summed E-state index contributed by atoms with van der Waals surface area (Å²) in [5, 5.41) is 2.80. The van der Waals surface area contributed by atoms with Crippen LogP contribution in [0.3, 0.4) is 0 Å². The van der Waals surface area contributed by atoms with E-state index in [1.165, 1.54) is 12.1 Å². The quantitative estimate of drug-likeness (QED) is 0.808. The standard InChI is InChI=1S/C16H15FN4O/c1-10(2)19-16(22)13-9-21-8-7-18-14(15(21)20-13)11-3-5-12(17)6-4-11/h3-10H,1-2H3,(H,19,22). The zero-order valence-electron chi connectivity index (χ0n) is 12.2. The normalized spacial score (nSPS) is 11.1. The molecule has 0 saturated carbocycles. The number of imidazole rings is 1. The van der Waals surface area contributed by atoms with Crippen molar-refractivity contribution < 1.29 is 9.18 Å². The lowest BCUT2D eigenvalue weighted by Gasteiger charge is -2.04. The third-order valence-electron chi connectivity index (χ3n) is 3.15. The van der Waals surface area contributed by atoms with Crippen molar-refractivity contribution in [1.29, 1.82) is 0 Å². The molecule has 0 saturated heterocycles. The Hall–Kier alpha value is -2.76. The van der Waals surface area contributed by atoms with Gasteiger partial charge in [-0.2, -0.15) is 0 Å². The van der Waals surface area contributed by atoms with Crippen LogP contribution in [-0.4, -0.2) is 26.3 Å². The third-order valence-corrected chi connectivity index (χ3v) is 3.15. The van der Waals surface area contributed by atoms with Crippen LogP contribution < -0.4 is 5.32 Å². The molecule has 0 bridgehead atoms. The van der Waals surface area contributed by atoms with Crippen molar-refractivity contribution in [2.24, 2.45) is 0 Å². The smallest absolute Gasteiger partial charge is 0.271 e. The molecule has 6 heteroatoms. The van der Waals surface area contributed by atoms with Gasteiger partial charge in [-0.05, 0) is 38.1 Å². The number of aromatic nitrogens is 3. The van der Waals surface area contributed by atoms with E-state index in [0.29, 0.717) is 17.0 Å². The molecule has 0 unspecified atom stereocenters. The molecular weight excluding hydrogens is 283 g/mol. The molecule has 0 aliphatic heterocycles. The lowest BCUT2D eigenvalue weighted by Crippen LogP contribution is -2.30. The maximum atomic E-state index is 13.1. The Bertz CT molecular complexity index is 824. The molecule has 22 heavy (non-hydrogen) atoms. The van der Waals surface area contributed by atoms with E-state index in [1.807, 2.05) is 13.8 Å². The van der Waals surface area contributed by atoms with E-state index >= 15 is 0 Å². The van der Waals surface area contributed by atoms with Crippen LogP contribution in [0.4, 0.5) is 4.39 Å². The number of hydrogen-bond donors (Lipinski definition) is 1. The first-order valence-electron chi connectivity index (χ1n) is 6.95. The second-order valence-electron chi connectivity index (χ2n) is 5.27. The van der Waals surface area contributed by atoms with Crippen LogP contribution in [0.15, 0.2) is 42.9 Å². The zero-order valence-corrected chi connectivity index (χ0v) is 12.2. The minimum absolute atomic E-state index is 0.0343. The number of carbonyl (C=O) groups is 1. The first-order valence-corrected chi connectivity index (χ1v) is 6.95. The molecule has 1 amide bonds. The van der Waals surface area contributed by atoms with E-state index in [0.717, 1.165) is 5.56 Å². The fourth-order valence-corrected chi connectivity index (χ4v) is 2.18. The number of fused-ring (bicyclic) bond motifs is 1. The number of nitrogens with one attached hydrogen (secondary N) is 1. The van der Waals surface area contributed by atoms with E-state index in [4.69, 9.17) is 0 Å². The summed E-state index contributed by atoms with van der Waals surface area (Å²) in [5.41, 5.74) is 2.23. The summed E-state index contributed by atoms with van der Waals surface area (Å²) in [4.78, 5) is 20.7. The molecule has 1 aromatic carbocycles. The molecule has 3 rings (SSSR count). The molecular formula is C16H15FN4O. The molecule has 2 heterocycles. The fraction of sp³-hybridized carbons (Fsp3) is 0.188. The Morgan fingerprint density at radius 2 is 2.00 bits per heavy atom. The van der Waals surface area contributed by atoms with Gasteiger partial charge in [0, 0.05) is 30.2 Å². The summed E-state index contributed by atoms with van der Waals surface area (Å²) in [6.45, 7) is 3.78. The number of amides is 1. The molecule has 5 nitrogen and oxygen atoms in total. The molecule has 0 fully saturated rings. The van der Waals surface area contributed by atoms with Crippen LogP contribution in [0.1, 0.15) is 24.3 Å². The molecule has 3 aromatic rings. The number of hydrogen-bond acceptors (Lipinski definition) is 3. The molecule has 0 radical (unpaired) electrons. The van der Waals surface area contributed by atoms with Crippen LogP contribution in [0.5, 0.6) is 0 Å². The highest BCUT2D eigenvalue weighted by atomic mass is 19.1. The van der Waals surface area contributed by atoms with Gasteiger partial charge in [-0.25, -0.2) is 9.37 Å². The van der Waals surface area contributed by atoms with Crippen LogP contribution in [0.25, 0.3) is 16.9 Å². The Kier molecular flexibility index (Phi) is 3.58. The van der Waals surface area contributed by atoms with Gasteiger partial charge in [0.05, 0.1) is 0 Å². The predicted molar refractivity (Wildman–Crippen MR) is 81.0 cm³/mol. The SMILES string of the molecule is CC(C)NC(=O)c1cn2ccnc(-c3ccc(F)cc3)c2n1. The van der Waals surface area contributed by atoms with E-state index in [-0.39, 0.29) is 17.8 Å². The van der Waals surface area contributed by atoms with Gasteiger partial charge in [-0.15, -0.1) is 0 Å². The summed E-state index contributed by atoms with van der Waals surface area (Å²) in [5.74, 6) is -0.542. The monoisotopic (exact) mass is 298 g/mol. The van der Waals surface area contributed by atoms with Gasteiger partial charge in [0.2, 0.25) is 0 Å². The highest BCUT2D eigenvalue weighted by Gasteiger charge is 2.15. The van der Waals surface area contributed by atoms with Gasteiger partial charge in [0.25, 0.3) is 5.91 Å². The molecule has 1 N–H and O–H groups in total. The van der Waals surface area contributed by atoms with Gasteiger partial charge in [0.15, 0.2) is 5.65 Å². The molecule has 112 valence electrons. The van der Waals surface area contributed by atoms with E-state index in [2.05, 4.69) is 15.3 Å². The average Bonchev–Trinajstić information content (AvgIpc) is 2.91. The number of nitrogens with zero attached hydrogens (tertiary/aromatic N) is 3. The summed E-state index contributed by atoms with van der Waals surface area (Å²) in [6, 6.07) is 6.05. The van der Waals surface area contributed by atoms with Crippen molar-refractivity contribution in [2.75, 3.05) is 0 Å². The Labute approximate surface area is 126 Å². The van der Waals surface area contributed by atoms with E-state index < -0.39 is 0 Å². The third kappa shape index (κ3) is 2.67. The summed E-state index contributed by atoms with van der Waals surface area (Å²) in [6.07, 6.45) is 5.00. The number of carbonyl (C=O) groups excluding carboxylic acids is 1. The van der Waals surface area contributed by atoms with Gasteiger partial charge in [0.1, 0.15) is 17.2 Å². The van der Waals surface area contributed by atoms with Gasteiger partial charge >= 0.3 is 0 Å². The van der Waals surface area contributed by atoms with Gasteiger partial charge < -0.3 is 9.72 Å². The van der Waals surface area contributed by atoms with Gasteiger partial charge in [-0.3, -0.25) is 9.78 Å². The number of halogens is 1. The highest BCUT2D eigenvalue weighted by Crippen LogP contribution is 2.22. The van der Waals surface area contributed by atoms with E-state index in [1.54, 1.807) is 35.1 Å². The molecule has 0 aliphatic carbocycles. The van der Waals surface area contributed by atoms with Crippen LogP contribution >= 0.6 is 0 Å². The Balaban J connectivity index is 2.07. The van der Waals surface area contributed by atoms with Crippen molar-refractivity contribution in [3.8, 4) is 11.3 Å². The largest absolute Gasteiger partial charge is 0.348 e. The van der Waals surface area contributed by atoms with Crippen molar-refractivity contribution in [3.63, 3.8) is 0 Å². The lowest BCUT2D eigenvalue weighted by molar-refractivity contribution is 0.0938. The minimum atomic E-state index is -0.309. The van der Waals surface area contributed by atoms with Crippen LogP contribution in [-0.2, 0) is 0 Å². The van der Waals surface area contributed by atoms with Crippen LogP contribution in [0.2, 0.25) is 0 Å². The topological polar surface area (TPSA) is 59.3 Å². The van der Waals surface area contributed by atoms with Crippen molar-refractivity contribution in [3.05, 3.63) is 54.4 Å². The van der Waals surface area contributed by atoms with Crippen molar-refractivity contribution in [2.45, 2.75) is 19.9 Å². The first-order chi connectivity index (χ1) is 10.5. The maximum absolute atomic E-state index is 13.1. The molecule has 0 atom stereocenters. The second-order valence-corrected chi connectivity index (χ2v) is 5.27. The second kappa shape index (κ2) is 5.55. The Morgan fingerprint density at radius 3 is 2.68 bits per heavy atom. The number of benzene rings is 1. The number of rotatable bonds is 3. The highest BCUT2D eigenvalue weighted by molar-refractivity contribution is 5.93. The summed E-state index contributed by atoms with van der Waals surface area (Å²) >= 11 is 0. The molecule has 2 aromatic heterocycles. The van der Waals surface area contributed by atoms with E-state index in [9.17, 15) is 9.18 Å². The zero-order chi connectivity index (χ0) is 15.7. The predicted octanol–water partition coefficient (Wildman–Crippen LogP) is 2.67. The van der Waals surface area contributed by atoms with Crippen molar-refractivity contribution >= 4 is 11.6 Å². The fourth-order valence-electron chi connectivity index (χ4n) is 2.18. The maximum Gasteiger partial charge on any atom is 0.271 e. The summed E-state index contributed by atoms with van der Waals surface area (Å²) < 4.78 is 14.8. The van der Waals surface area contributed by atoms with Crippen LogP contribution in [0, 0.1) is 5.82 Å². The van der Waals surface area contributed by atoms with Crippen molar-refractivity contribution in [1.82, 2.24) is 19.7 Å². The first kappa shape index (κ1) is 14.2. The summed E-state index contributed by atoms with van der Waals surface area (Å²) in [7, 11) is 0. The lowest BCUT2D eigenvalue weighted by atomic mass is 10.1. The average molecular weight is 298 g/mol. The Morgan fingerprint density at radius 1 is 1.27 bits per heavy atom. The minimum Gasteiger partial charge on any atom is -0.348 e. The molecule has 0 spiro atoms. The van der Waals surface area contributed by atoms with Gasteiger partial charge in [-0.1, -0.05) is 0 Å². The molecule has 0 aliphatic rings.